The highest BCUT2D eigenvalue weighted by molar-refractivity contribution is 5.96. The second kappa shape index (κ2) is 7.41. The molecule has 29 heavy (non-hydrogen) atoms. The number of nitro groups is 1. The van der Waals surface area contributed by atoms with Crippen LogP contribution in [0.2, 0.25) is 0 Å². The van der Waals surface area contributed by atoms with Crippen LogP contribution < -0.4 is 4.90 Å². The van der Waals surface area contributed by atoms with E-state index in [0.717, 1.165) is 0 Å². The van der Waals surface area contributed by atoms with Crippen LogP contribution in [0.15, 0.2) is 24.5 Å². The van der Waals surface area contributed by atoms with Gasteiger partial charge in [0.05, 0.1) is 4.92 Å². The predicted octanol–water partition coefficient (Wildman–Crippen LogP) is 1.42. The van der Waals surface area contributed by atoms with E-state index in [-0.39, 0.29) is 11.6 Å². The number of carbonyl (C=O) groups excluding carboxylic acids is 1. The number of rotatable bonds is 4. The van der Waals surface area contributed by atoms with Crippen molar-refractivity contribution in [1.82, 2.24) is 29.9 Å². The monoisotopic (exact) mass is 396 g/mol. The van der Waals surface area contributed by atoms with Crippen molar-refractivity contribution in [2.24, 2.45) is 0 Å². The van der Waals surface area contributed by atoms with Gasteiger partial charge < -0.3 is 9.80 Å². The van der Waals surface area contributed by atoms with Crippen molar-refractivity contribution < 1.29 is 9.72 Å². The predicted molar refractivity (Wildman–Crippen MR) is 105 cm³/mol. The van der Waals surface area contributed by atoms with Crippen LogP contribution in [0, 0.1) is 17.0 Å². The number of benzene rings is 1. The fourth-order valence-electron chi connectivity index (χ4n) is 3.57. The molecule has 0 bridgehead atoms. The smallest absolute Gasteiger partial charge is 0.273 e. The van der Waals surface area contributed by atoms with Crippen LogP contribution in [0.3, 0.4) is 0 Å². The molecule has 2 aromatic heterocycles. The van der Waals surface area contributed by atoms with Crippen LogP contribution in [0.5, 0.6) is 0 Å². The van der Waals surface area contributed by atoms with Crippen LogP contribution in [0.4, 0.5) is 11.5 Å². The summed E-state index contributed by atoms with van der Waals surface area (Å²) in [6.07, 6.45) is 1.50. The average Bonchev–Trinajstić information content (AvgIpc) is 3.16. The largest absolute Gasteiger partial charge is 0.351 e. The van der Waals surface area contributed by atoms with Gasteiger partial charge in [-0.2, -0.15) is 0 Å². The summed E-state index contributed by atoms with van der Waals surface area (Å²) in [5.74, 6) is 0.504. The highest BCUT2D eigenvalue weighted by Crippen LogP contribution is 2.25. The van der Waals surface area contributed by atoms with Crippen molar-refractivity contribution >= 4 is 28.6 Å². The molecule has 3 heterocycles. The van der Waals surface area contributed by atoms with Crippen LogP contribution in [0.1, 0.15) is 22.8 Å². The van der Waals surface area contributed by atoms with E-state index >= 15 is 0 Å². The number of amides is 1. The van der Waals surface area contributed by atoms with E-state index in [1.165, 1.54) is 12.4 Å². The Morgan fingerprint density at radius 1 is 1.21 bits per heavy atom. The molecule has 0 unspecified atom stereocenters. The second-order valence-electron chi connectivity index (χ2n) is 6.76. The van der Waals surface area contributed by atoms with Gasteiger partial charge in [-0.05, 0) is 19.9 Å². The second-order valence-corrected chi connectivity index (χ2v) is 6.76. The molecule has 1 amide bonds. The Kier molecular flexibility index (Phi) is 4.79. The zero-order chi connectivity index (χ0) is 20.5. The van der Waals surface area contributed by atoms with Crippen molar-refractivity contribution in [1.29, 1.82) is 0 Å². The van der Waals surface area contributed by atoms with Crippen LogP contribution in [-0.2, 0) is 6.54 Å². The van der Waals surface area contributed by atoms with Gasteiger partial charge >= 0.3 is 0 Å². The Balaban J connectivity index is 1.52. The molecule has 4 rings (SSSR count). The number of nitrogens with zero attached hydrogens (tertiary/aromatic N) is 8. The molecule has 150 valence electrons. The van der Waals surface area contributed by atoms with Gasteiger partial charge in [-0.1, -0.05) is 11.3 Å². The van der Waals surface area contributed by atoms with E-state index in [1.807, 2.05) is 6.92 Å². The van der Waals surface area contributed by atoms with E-state index in [1.54, 1.807) is 28.6 Å². The van der Waals surface area contributed by atoms with Crippen molar-refractivity contribution in [3.8, 4) is 0 Å². The molecular formula is C18H20N8O3. The van der Waals surface area contributed by atoms with Gasteiger partial charge in [-0.25, -0.2) is 14.6 Å². The summed E-state index contributed by atoms with van der Waals surface area (Å²) in [7, 11) is 0. The maximum Gasteiger partial charge on any atom is 0.273 e. The number of hydrogen-bond donors (Lipinski definition) is 0. The van der Waals surface area contributed by atoms with Gasteiger partial charge in [0.25, 0.3) is 11.6 Å². The fourth-order valence-corrected chi connectivity index (χ4v) is 3.57. The Morgan fingerprint density at radius 3 is 2.66 bits per heavy atom. The average molecular weight is 396 g/mol. The lowest BCUT2D eigenvalue weighted by molar-refractivity contribution is -0.385. The first-order chi connectivity index (χ1) is 14.0. The van der Waals surface area contributed by atoms with E-state index in [9.17, 15) is 14.9 Å². The number of anilines is 1. The van der Waals surface area contributed by atoms with Crippen LogP contribution in [-0.4, -0.2) is 66.9 Å². The van der Waals surface area contributed by atoms with E-state index < -0.39 is 4.92 Å². The van der Waals surface area contributed by atoms with Gasteiger partial charge in [0.2, 0.25) is 0 Å². The minimum atomic E-state index is -0.464. The van der Waals surface area contributed by atoms with Gasteiger partial charge in [-0.3, -0.25) is 14.9 Å². The quantitative estimate of drug-likeness (QED) is 0.479. The first kappa shape index (κ1) is 18.7. The van der Waals surface area contributed by atoms with Gasteiger partial charge in [0.1, 0.15) is 6.33 Å². The van der Waals surface area contributed by atoms with Gasteiger partial charge in [-0.15, -0.1) is 5.10 Å². The van der Waals surface area contributed by atoms with Crippen LogP contribution >= 0.6 is 0 Å². The molecule has 11 nitrogen and oxygen atoms in total. The van der Waals surface area contributed by atoms with Crippen molar-refractivity contribution in [3.63, 3.8) is 0 Å². The highest BCUT2D eigenvalue weighted by atomic mass is 16.6. The summed E-state index contributed by atoms with van der Waals surface area (Å²) in [6.45, 7) is 6.35. The molecule has 0 radical (unpaired) electrons. The minimum Gasteiger partial charge on any atom is -0.351 e. The molecule has 1 fully saturated rings. The maximum absolute atomic E-state index is 12.9. The number of aromatic nitrogens is 5. The zero-order valence-corrected chi connectivity index (χ0v) is 16.1. The Bertz CT molecular complexity index is 1090. The number of nitro benzene ring substituents is 1. The lowest BCUT2D eigenvalue weighted by atomic mass is 10.1. The van der Waals surface area contributed by atoms with E-state index in [2.05, 4.69) is 25.2 Å². The topological polar surface area (TPSA) is 123 Å². The maximum atomic E-state index is 12.9. The first-order valence-corrected chi connectivity index (χ1v) is 9.33. The minimum absolute atomic E-state index is 0.0446. The Labute approximate surface area is 166 Å². The number of carbonyl (C=O) groups is 1. The Hall–Kier alpha value is -3.63. The van der Waals surface area contributed by atoms with E-state index in [0.29, 0.717) is 60.8 Å². The third kappa shape index (κ3) is 3.24. The third-order valence-electron chi connectivity index (χ3n) is 5.18. The zero-order valence-electron chi connectivity index (χ0n) is 16.1. The molecule has 0 N–H and O–H groups in total. The summed E-state index contributed by atoms with van der Waals surface area (Å²) in [4.78, 5) is 36.0. The highest BCUT2D eigenvalue weighted by Gasteiger charge is 2.27. The molecule has 3 aromatic rings. The number of hydrogen-bond acceptors (Lipinski definition) is 8. The lowest BCUT2D eigenvalue weighted by Crippen LogP contribution is -2.49. The molecule has 1 saturated heterocycles. The number of piperazine rings is 1. The summed E-state index contributed by atoms with van der Waals surface area (Å²) in [5.41, 5.74) is 2.03. The van der Waals surface area contributed by atoms with Crippen molar-refractivity contribution in [3.05, 3.63) is 45.8 Å². The molecule has 1 aliphatic heterocycles. The SMILES string of the molecule is CCn1nnc2c(N3CCN(C(=O)c4cccc([N+](=O)[O-])c4C)CC3)ncnc21. The molecule has 0 spiro atoms. The standard InChI is InChI=1S/C18H20N8O3/c1-3-25-17-15(21-22-25)16(19-11-20-17)23-7-9-24(10-8-23)18(27)13-5-4-6-14(12(13)2)26(28)29/h4-6,11H,3,7-10H2,1-2H3. The van der Waals surface area contributed by atoms with E-state index in [4.69, 9.17) is 0 Å². The summed E-state index contributed by atoms with van der Waals surface area (Å²) >= 11 is 0. The summed E-state index contributed by atoms with van der Waals surface area (Å²) in [5, 5.41) is 19.5. The number of fused-ring (bicyclic) bond motifs is 1. The summed E-state index contributed by atoms with van der Waals surface area (Å²) in [6, 6.07) is 4.59. The molecule has 11 heteroatoms. The molecule has 1 aliphatic rings. The van der Waals surface area contributed by atoms with Gasteiger partial charge in [0, 0.05) is 49.9 Å². The molecule has 0 atom stereocenters. The van der Waals surface area contributed by atoms with Crippen LogP contribution in [0.25, 0.3) is 11.2 Å². The first-order valence-electron chi connectivity index (χ1n) is 9.33. The lowest BCUT2D eigenvalue weighted by Gasteiger charge is -2.35. The third-order valence-corrected chi connectivity index (χ3v) is 5.18. The van der Waals surface area contributed by atoms with Gasteiger partial charge in [0.15, 0.2) is 17.0 Å². The molecule has 0 saturated carbocycles. The normalized spacial score (nSPS) is 14.4. The fraction of sp³-hybridized carbons (Fsp3) is 0.389. The van der Waals surface area contributed by atoms with Crippen molar-refractivity contribution in [2.75, 3.05) is 31.1 Å². The number of aryl methyl sites for hydroxylation is 1. The Morgan fingerprint density at radius 2 is 1.97 bits per heavy atom. The summed E-state index contributed by atoms with van der Waals surface area (Å²) < 4.78 is 1.71. The molecule has 0 aliphatic carbocycles. The molecule has 1 aromatic carbocycles. The molecular weight excluding hydrogens is 376 g/mol. The van der Waals surface area contributed by atoms with Crippen molar-refractivity contribution in [2.45, 2.75) is 20.4 Å².